The molecule has 3 saturated heterocycles. The van der Waals surface area contributed by atoms with Gasteiger partial charge in [-0.25, -0.2) is 0 Å². The molecule has 2 bridgehead atoms. The molecule has 5 atom stereocenters. The van der Waals surface area contributed by atoms with E-state index in [1.807, 2.05) is 0 Å². The van der Waals surface area contributed by atoms with Gasteiger partial charge in [0.2, 0.25) is 0 Å². The van der Waals surface area contributed by atoms with Crippen molar-refractivity contribution < 1.29 is 19.0 Å². The zero-order valence-corrected chi connectivity index (χ0v) is 8.64. The normalized spacial score (nSPS) is 49.5. The molecule has 0 aromatic carbocycles. The summed E-state index contributed by atoms with van der Waals surface area (Å²) in [5.41, 5.74) is 0. The van der Waals surface area contributed by atoms with Crippen molar-refractivity contribution >= 4 is 16.2 Å². The zero-order chi connectivity index (χ0) is 9.71. The lowest BCUT2D eigenvalue weighted by Gasteiger charge is -2.24. The van der Waals surface area contributed by atoms with Crippen LogP contribution in [0, 0.1) is 11.8 Å². The number of carbonyl (C=O) groups is 1. The van der Waals surface area contributed by atoms with E-state index in [2.05, 4.69) is 10.2 Å². The molecule has 0 aliphatic carbocycles. The summed E-state index contributed by atoms with van der Waals surface area (Å²) < 4.78 is 16.2. The van der Waals surface area contributed by atoms with Crippen LogP contribution in [0.3, 0.4) is 0 Å². The van der Waals surface area contributed by atoms with E-state index >= 15 is 0 Å². The Hall–Kier alpha value is -0.393. The van der Waals surface area contributed by atoms with Gasteiger partial charge in [0, 0.05) is 18.6 Å². The minimum atomic E-state index is -0.107. The molecule has 0 N–H and O–H groups in total. The summed E-state index contributed by atoms with van der Waals surface area (Å²) in [6.45, 7) is 0.533. The summed E-state index contributed by atoms with van der Waals surface area (Å²) >= 11 is 0. The first-order valence-corrected chi connectivity index (χ1v) is 5.60. The van der Waals surface area contributed by atoms with E-state index in [1.165, 1.54) is 0 Å². The molecule has 3 heterocycles. The quantitative estimate of drug-likeness (QED) is 0.454. The summed E-state index contributed by atoms with van der Waals surface area (Å²) in [6, 6.07) is 0. The van der Waals surface area contributed by atoms with Gasteiger partial charge in [0.1, 0.15) is 0 Å². The van der Waals surface area contributed by atoms with E-state index in [0.717, 1.165) is 6.42 Å². The zero-order valence-electron chi connectivity index (χ0n) is 7.64. The average Bonchev–Trinajstić information content (AvgIpc) is 2.78. The van der Waals surface area contributed by atoms with E-state index in [0.29, 0.717) is 12.8 Å². The fraction of sp³-hybridized carbons (Fsp3) is 0.889. The third-order valence-corrected chi connectivity index (χ3v) is 3.61. The van der Waals surface area contributed by atoms with Crippen LogP contribution >= 0.6 is 0 Å². The van der Waals surface area contributed by atoms with Gasteiger partial charge in [0.05, 0.1) is 41.1 Å². The highest BCUT2D eigenvalue weighted by atomic mass is 28.1. The lowest BCUT2D eigenvalue weighted by atomic mass is 9.80. The molecule has 3 radical (unpaired) electrons. The Morgan fingerprint density at radius 2 is 2.43 bits per heavy atom. The minimum absolute atomic E-state index is 0.0596. The lowest BCUT2D eigenvalue weighted by Crippen LogP contribution is -2.39. The van der Waals surface area contributed by atoms with E-state index in [9.17, 15) is 4.79 Å². The van der Waals surface area contributed by atoms with Crippen molar-refractivity contribution in [2.75, 3.05) is 12.8 Å². The number of rotatable bonds is 2. The van der Waals surface area contributed by atoms with Gasteiger partial charge < -0.3 is 14.2 Å². The Morgan fingerprint density at radius 3 is 3.21 bits per heavy atom. The van der Waals surface area contributed by atoms with Gasteiger partial charge in [-0.15, -0.1) is 0 Å². The summed E-state index contributed by atoms with van der Waals surface area (Å²) in [5.74, 6) is 0.101. The maximum Gasteiger partial charge on any atom is 0.312 e. The number of hydrogen-bond acceptors (Lipinski definition) is 4. The summed E-state index contributed by atoms with van der Waals surface area (Å²) in [4.78, 5) is 11.4. The molecule has 3 fully saturated rings. The molecule has 0 aromatic heterocycles. The molecule has 0 aromatic rings. The molecule has 4 nitrogen and oxygen atoms in total. The van der Waals surface area contributed by atoms with Crippen molar-refractivity contribution in [2.24, 2.45) is 11.8 Å². The van der Waals surface area contributed by atoms with Crippen LogP contribution in [0.15, 0.2) is 0 Å². The third-order valence-electron chi connectivity index (χ3n) is 3.44. The van der Waals surface area contributed by atoms with Gasteiger partial charge in [0.15, 0.2) is 0 Å². The summed E-state index contributed by atoms with van der Waals surface area (Å²) in [5, 5.41) is 0. The van der Waals surface area contributed by atoms with E-state index in [1.54, 1.807) is 0 Å². The van der Waals surface area contributed by atoms with Crippen LogP contribution in [0.5, 0.6) is 0 Å². The molecule has 5 heteroatoms. The molecule has 14 heavy (non-hydrogen) atoms. The first kappa shape index (κ1) is 8.88. The monoisotopic (exact) mass is 211 g/mol. The molecular weight excluding hydrogens is 200 g/mol. The molecule has 3 aliphatic rings. The fourth-order valence-electron chi connectivity index (χ4n) is 2.84. The second kappa shape index (κ2) is 3.05. The largest absolute Gasteiger partial charge is 0.465 e. The Kier molecular flexibility index (Phi) is 1.93. The van der Waals surface area contributed by atoms with Crippen LogP contribution in [-0.2, 0) is 19.0 Å². The smallest absolute Gasteiger partial charge is 0.312 e. The third kappa shape index (κ3) is 1.03. The average molecular weight is 211 g/mol. The highest BCUT2D eigenvalue weighted by Gasteiger charge is 2.60. The number of hydrogen-bond donors (Lipinski definition) is 0. The second-order valence-corrected chi connectivity index (χ2v) is 4.33. The van der Waals surface area contributed by atoms with Gasteiger partial charge >= 0.3 is 5.97 Å². The van der Waals surface area contributed by atoms with Crippen LogP contribution in [0.2, 0.25) is 0 Å². The SMILES string of the molecule is O=C1OCC2C3CC(OC[Si])C(O3)C12. The number of cyclic esters (lactones) is 1. The number of ether oxygens (including phenoxy) is 3. The molecule has 3 rings (SSSR count). The lowest BCUT2D eigenvalue weighted by molar-refractivity contribution is -0.145. The Bertz CT molecular complexity index is 270. The van der Waals surface area contributed by atoms with Gasteiger partial charge in [-0.1, -0.05) is 0 Å². The summed E-state index contributed by atoms with van der Waals surface area (Å²) in [6.07, 6.45) is 1.54. The van der Waals surface area contributed by atoms with Crippen LogP contribution in [0.25, 0.3) is 0 Å². The first-order valence-electron chi connectivity index (χ1n) is 4.89. The van der Waals surface area contributed by atoms with Crippen molar-refractivity contribution in [2.45, 2.75) is 24.7 Å². The number of esters is 1. The van der Waals surface area contributed by atoms with Crippen LogP contribution in [0.1, 0.15) is 6.42 Å². The van der Waals surface area contributed by atoms with Crippen molar-refractivity contribution in [1.29, 1.82) is 0 Å². The number of fused-ring (bicyclic) bond motifs is 5. The predicted molar refractivity (Wildman–Crippen MR) is 46.7 cm³/mol. The van der Waals surface area contributed by atoms with E-state index in [-0.39, 0.29) is 36.1 Å². The fourth-order valence-corrected chi connectivity index (χ4v) is 3.05. The highest BCUT2D eigenvalue weighted by Crippen LogP contribution is 2.47. The molecule has 0 spiro atoms. The molecule has 0 amide bonds. The topological polar surface area (TPSA) is 44.8 Å². The molecule has 3 aliphatic heterocycles. The maximum atomic E-state index is 11.4. The van der Waals surface area contributed by atoms with Crippen LogP contribution in [-0.4, -0.2) is 47.4 Å². The Morgan fingerprint density at radius 1 is 1.57 bits per heavy atom. The van der Waals surface area contributed by atoms with Crippen molar-refractivity contribution in [1.82, 2.24) is 0 Å². The van der Waals surface area contributed by atoms with E-state index in [4.69, 9.17) is 14.2 Å². The van der Waals surface area contributed by atoms with Gasteiger partial charge in [-0.2, -0.15) is 0 Å². The standard InChI is InChI=1S/C9H11O4Si/c10-9-7-4(2-11-9)5-1-6(12-3-14)8(7)13-5/h4-8H,1-3H2. The minimum Gasteiger partial charge on any atom is -0.465 e. The Balaban J connectivity index is 1.80. The van der Waals surface area contributed by atoms with Crippen molar-refractivity contribution in [3.05, 3.63) is 0 Å². The highest BCUT2D eigenvalue weighted by molar-refractivity contribution is 6.08. The van der Waals surface area contributed by atoms with Gasteiger partial charge in [-0.05, 0) is 0 Å². The molecular formula is C9H11O4Si. The molecule has 75 valence electrons. The van der Waals surface area contributed by atoms with E-state index < -0.39 is 0 Å². The molecule has 0 saturated carbocycles. The van der Waals surface area contributed by atoms with Crippen LogP contribution < -0.4 is 0 Å². The van der Waals surface area contributed by atoms with Crippen LogP contribution in [0.4, 0.5) is 0 Å². The van der Waals surface area contributed by atoms with Gasteiger partial charge in [-0.3, -0.25) is 4.79 Å². The Labute approximate surface area is 85.3 Å². The molecule has 5 unspecified atom stereocenters. The second-order valence-electron chi connectivity index (χ2n) is 4.04. The van der Waals surface area contributed by atoms with Crippen molar-refractivity contribution in [3.8, 4) is 0 Å². The number of carbonyl (C=O) groups excluding carboxylic acids is 1. The predicted octanol–water partition coefficient (Wildman–Crippen LogP) is -0.542. The maximum absolute atomic E-state index is 11.4. The van der Waals surface area contributed by atoms with Crippen molar-refractivity contribution in [3.63, 3.8) is 0 Å². The first-order chi connectivity index (χ1) is 6.81. The van der Waals surface area contributed by atoms with Gasteiger partial charge in [0.25, 0.3) is 0 Å². The summed E-state index contributed by atoms with van der Waals surface area (Å²) in [7, 11) is 3.27.